The highest BCUT2D eigenvalue weighted by atomic mass is 35.5. The second-order valence-electron chi connectivity index (χ2n) is 12.0. The average Bonchev–Trinajstić information content (AvgIpc) is 3.76. The van der Waals surface area contributed by atoms with Gasteiger partial charge in [0.05, 0.1) is 11.6 Å². The van der Waals surface area contributed by atoms with Gasteiger partial charge >= 0.3 is 0 Å². The van der Waals surface area contributed by atoms with E-state index in [0.717, 1.165) is 12.8 Å². The first-order chi connectivity index (χ1) is 18.3. The summed E-state index contributed by atoms with van der Waals surface area (Å²) in [7, 11) is 3.19. The monoisotopic (exact) mass is 557 g/mol. The number of nitrogens with one attached hydrogen (secondary N) is 1. The molecule has 0 aromatic heterocycles. The van der Waals surface area contributed by atoms with Crippen molar-refractivity contribution in [1.29, 1.82) is 0 Å². The number of hydrogen-bond acceptors (Lipinski definition) is 9. The van der Waals surface area contributed by atoms with E-state index in [-0.39, 0.29) is 35.3 Å². The van der Waals surface area contributed by atoms with Crippen molar-refractivity contribution in [2.24, 2.45) is 23.5 Å². The summed E-state index contributed by atoms with van der Waals surface area (Å²) in [5, 5.41) is 48.8. The van der Waals surface area contributed by atoms with Crippen molar-refractivity contribution in [1.82, 2.24) is 10.2 Å². The van der Waals surface area contributed by atoms with Crippen LogP contribution in [0.15, 0.2) is 28.7 Å². The zero-order valence-corrected chi connectivity index (χ0v) is 22.5. The van der Waals surface area contributed by atoms with E-state index in [0.29, 0.717) is 28.6 Å². The molecule has 0 radical (unpaired) electrons. The number of ketones is 2. The lowest BCUT2D eigenvalue weighted by Crippen LogP contribution is -2.63. The standard InChI is InChI=1S/C28H32ClN3O7/c1-32(2)21-15-8-11-7-14-18(16(33)9-12(20(14)29)10-31-27(5-6-27)13-3-4-13)22(34)17(11)24(36)28(15,39)25(37)19(23(21)35)26(30)38/h9,11,13,15,21,31,33,35-36,39H,3-8,10H2,1-2H3,(H2,30,38)/t11-,15-,21-,28-/m0/s1. The molecule has 7 N–H and O–H groups in total. The largest absolute Gasteiger partial charge is 0.510 e. The van der Waals surface area contributed by atoms with Crippen LogP contribution in [0, 0.1) is 17.8 Å². The van der Waals surface area contributed by atoms with Gasteiger partial charge in [0, 0.05) is 28.6 Å². The number of carbonyl (C=O) groups is 3. The van der Waals surface area contributed by atoms with E-state index in [1.54, 1.807) is 14.1 Å². The minimum absolute atomic E-state index is 0.0239. The summed E-state index contributed by atoms with van der Waals surface area (Å²) >= 11 is 6.83. The van der Waals surface area contributed by atoms with Gasteiger partial charge in [-0.1, -0.05) is 11.6 Å². The Labute approximate surface area is 230 Å². The number of carbonyl (C=O) groups excluding carboxylic acids is 3. The zero-order chi connectivity index (χ0) is 28.2. The minimum atomic E-state index is -2.66. The SMILES string of the molecule is CN(C)[C@@H]1C(O)=C(C(N)=O)C(=O)[C@@]2(O)C(O)=C3C(=O)c4c(O)cc(CNC5(C6CC6)CC5)c(Cl)c4C[C@H]3C[C@@H]12. The first-order valence-electron chi connectivity index (χ1n) is 13.3. The number of hydrogen-bond donors (Lipinski definition) is 6. The molecule has 0 bridgehead atoms. The van der Waals surface area contributed by atoms with Crippen LogP contribution >= 0.6 is 11.6 Å². The fourth-order valence-corrected chi connectivity index (χ4v) is 7.55. The summed E-state index contributed by atoms with van der Waals surface area (Å²) < 4.78 is 0. The van der Waals surface area contributed by atoms with Crippen LogP contribution in [0.5, 0.6) is 5.75 Å². The Kier molecular flexibility index (Phi) is 5.76. The van der Waals surface area contributed by atoms with Gasteiger partial charge in [0.2, 0.25) is 5.78 Å². The van der Waals surface area contributed by atoms with Crippen molar-refractivity contribution >= 4 is 29.1 Å². The summed E-state index contributed by atoms with van der Waals surface area (Å²) in [6.07, 6.45) is 4.82. The van der Waals surface area contributed by atoms with Gasteiger partial charge < -0.3 is 31.5 Å². The molecule has 0 saturated heterocycles. The fraction of sp³-hybridized carbons (Fsp3) is 0.536. The van der Waals surface area contributed by atoms with Crippen LogP contribution in [0.1, 0.15) is 53.6 Å². The van der Waals surface area contributed by atoms with Gasteiger partial charge in [-0.05, 0) is 81.6 Å². The minimum Gasteiger partial charge on any atom is -0.510 e. The molecule has 6 rings (SSSR count). The summed E-state index contributed by atoms with van der Waals surface area (Å²) in [4.78, 5) is 40.7. The number of aliphatic hydroxyl groups excluding tert-OH is 2. The number of aliphatic hydroxyl groups is 3. The highest BCUT2D eigenvalue weighted by Crippen LogP contribution is 2.55. The number of benzene rings is 1. The third kappa shape index (κ3) is 3.61. The molecule has 2 fully saturated rings. The van der Waals surface area contributed by atoms with Gasteiger partial charge in [-0.25, -0.2) is 0 Å². The van der Waals surface area contributed by atoms with Crippen molar-refractivity contribution in [2.75, 3.05) is 14.1 Å². The van der Waals surface area contributed by atoms with Gasteiger partial charge in [-0.15, -0.1) is 0 Å². The zero-order valence-electron chi connectivity index (χ0n) is 21.8. The molecule has 0 heterocycles. The number of aromatic hydroxyl groups is 1. The molecule has 1 aromatic carbocycles. The van der Waals surface area contributed by atoms with Gasteiger partial charge in [0.15, 0.2) is 11.4 Å². The second-order valence-corrected chi connectivity index (χ2v) is 12.3. The van der Waals surface area contributed by atoms with Crippen LogP contribution in [-0.4, -0.2) is 74.1 Å². The van der Waals surface area contributed by atoms with E-state index < -0.39 is 58.0 Å². The molecule has 0 aliphatic heterocycles. The molecule has 11 heteroatoms. The lowest BCUT2D eigenvalue weighted by molar-refractivity contribution is -0.148. The quantitative estimate of drug-likeness (QED) is 0.285. The Morgan fingerprint density at radius 2 is 1.87 bits per heavy atom. The molecular formula is C28H32ClN3O7. The third-order valence-corrected chi connectivity index (χ3v) is 9.98. The lowest BCUT2D eigenvalue weighted by Gasteiger charge is -2.50. The van der Waals surface area contributed by atoms with Gasteiger partial charge in [0.1, 0.15) is 22.8 Å². The third-order valence-electron chi connectivity index (χ3n) is 9.51. The normalized spacial score (nSPS) is 31.3. The Morgan fingerprint density at radius 3 is 2.44 bits per heavy atom. The number of nitrogens with two attached hydrogens (primary N) is 1. The lowest BCUT2D eigenvalue weighted by atomic mass is 9.58. The maximum absolute atomic E-state index is 13.8. The predicted molar refractivity (Wildman–Crippen MR) is 140 cm³/mol. The summed E-state index contributed by atoms with van der Waals surface area (Å²) in [5.74, 6) is -6.09. The van der Waals surface area contributed by atoms with Crippen LogP contribution in [0.3, 0.4) is 0 Å². The Balaban J connectivity index is 1.42. The van der Waals surface area contributed by atoms with Crippen molar-refractivity contribution in [3.8, 4) is 5.75 Å². The van der Waals surface area contributed by atoms with Crippen molar-refractivity contribution < 1.29 is 34.8 Å². The van der Waals surface area contributed by atoms with Crippen LogP contribution in [0.2, 0.25) is 5.02 Å². The number of Topliss-reactive ketones (excluding diaryl/α,β-unsaturated/α-hetero) is 2. The Bertz CT molecular complexity index is 1410. The maximum atomic E-state index is 13.8. The topological polar surface area (TPSA) is 173 Å². The van der Waals surface area contributed by atoms with E-state index in [4.69, 9.17) is 17.3 Å². The molecule has 0 unspecified atom stereocenters. The molecule has 208 valence electrons. The second kappa shape index (κ2) is 8.54. The molecule has 5 aliphatic carbocycles. The summed E-state index contributed by atoms with van der Waals surface area (Å²) in [6.45, 7) is 0.442. The number of halogens is 1. The van der Waals surface area contributed by atoms with Crippen LogP contribution in [0.4, 0.5) is 0 Å². The molecular weight excluding hydrogens is 526 g/mol. The van der Waals surface area contributed by atoms with Crippen LogP contribution < -0.4 is 11.1 Å². The number of phenolic OH excluding ortho intramolecular Hbond substituents is 1. The number of rotatable bonds is 6. The van der Waals surface area contributed by atoms with E-state index in [2.05, 4.69) is 5.32 Å². The molecule has 4 atom stereocenters. The van der Waals surface area contributed by atoms with Crippen molar-refractivity contribution in [3.05, 3.63) is 50.4 Å². The van der Waals surface area contributed by atoms with E-state index >= 15 is 0 Å². The fourth-order valence-electron chi connectivity index (χ4n) is 7.25. The number of fused-ring (bicyclic) bond motifs is 3. The molecule has 5 aliphatic rings. The average molecular weight is 558 g/mol. The number of nitrogens with zero attached hydrogens (tertiary/aromatic N) is 1. The number of phenols is 1. The van der Waals surface area contributed by atoms with E-state index in [1.807, 2.05) is 0 Å². The molecule has 1 aromatic rings. The first kappa shape index (κ1) is 26.3. The molecule has 0 spiro atoms. The van der Waals surface area contributed by atoms with Gasteiger partial charge in [-0.2, -0.15) is 0 Å². The molecule has 1 amide bonds. The van der Waals surface area contributed by atoms with Gasteiger partial charge in [-0.3, -0.25) is 19.3 Å². The van der Waals surface area contributed by atoms with E-state index in [1.165, 1.54) is 23.8 Å². The van der Waals surface area contributed by atoms with Crippen molar-refractivity contribution in [2.45, 2.75) is 62.3 Å². The number of primary amides is 1. The number of likely N-dealkylation sites (N-methyl/N-ethyl adjacent to an activating group) is 1. The Hall–Kier alpha value is -2.92. The predicted octanol–water partition coefficient (Wildman–Crippen LogP) is 1.81. The molecule has 10 nitrogen and oxygen atoms in total. The number of allylic oxidation sites excluding steroid dienone is 1. The van der Waals surface area contributed by atoms with Crippen molar-refractivity contribution in [3.63, 3.8) is 0 Å². The molecule has 2 saturated carbocycles. The first-order valence-corrected chi connectivity index (χ1v) is 13.6. The Morgan fingerprint density at radius 1 is 1.21 bits per heavy atom. The maximum Gasteiger partial charge on any atom is 0.255 e. The van der Waals surface area contributed by atoms with Crippen LogP contribution in [-0.2, 0) is 22.6 Å². The van der Waals surface area contributed by atoms with Crippen LogP contribution in [0.25, 0.3) is 0 Å². The summed E-state index contributed by atoms with van der Waals surface area (Å²) in [6, 6.07) is 0.416. The highest BCUT2D eigenvalue weighted by molar-refractivity contribution is 6.33. The van der Waals surface area contributed by atoms with E-state index in [9.17, 15) is 34.8 Å². The summed E-state index contributed by atoms with van der Waals surface area (Å²) in [5.41, 5.74) is 2.85. The molecule has 39 heavy (non-hydrogen) atoms. The highest BCUT2D eigenvalue weighted by Gasteiger charge is 2.63. The van der Waals surface area contributed by atoms with Gasteiger partial charge in [0.25, 0.3) is 5.91 Å². The number of amides is 1. The smallest absolute Gasteiger partial charge is 0.255 e.